The third-order valence-electron chi connectivity index (χ3n) is 3.86. The van der Waals surface area contributed by atoms with Gasteiger partial charge in [0.15, 0.2) is 12.1 Å². The average molecular weight is 451 g/mol. The number of rotatable bonds is 2. The fourth-order valence-electron chi connectivity index (χ4n) is 2.91. The Balaban J connectivity index is 2.01. The van der Waals surface area contributed by atoms with Crippen LogP contribution in [0.1, 0.15) is 11.7 Å². The summed E-state index contributed by atoms with van der Waals surface area (Å²) in [6, 6.07) is 11.8. The molecule has 0 aliphatic carbocycles. The Kier molecular flexibility index (Phi) is 3.73. The normalized spacial score (nSPS) is 16.5. The zero-order valence-electron chi connectivity index (χ0n) is 12.6. The number of imidazole rings is 1. The third kappa shape index (κ3) is 2.37. The van der Waals surface area contributed by atoms with Crippen molar-refractivity contribution in [1.82, 2.24) is 9.55 Å². The molecule has 24 heavy (non-hydrogen) atoms. The van der Waals surface area contributed by atoms with Gasteiger partial charge in [0.2, 0.25) is 5.95 Å². The Morgan fingerprint density at radius 1 is 1.25 bits per heavy atom. The van der Waals surface area contributed by atoms with Crippen LogP contribution in [0.25, 0.3) is 11.0 Å². The molecule has 0 unspecified atom stereocenters. The maximum absolute atomic E-state index is 5.99. The van der Waals surface area contributed by atoms with Crippen LogP contribution in [-0.2, 0) is 0 Å². The number of para-hydroxylation sites is 2. The van der Waals surface area contributed by atoms with E-state index in [1.165, 1.54) is 0 Å². The Labute approximate surface area is 155 Å². The lowest BCUT2D eigenvalue weighted by atomic mass is 10.1. The van der Waals surface area contributed by atoms with Crippen LogP contribution in [0, 0.1) is 0 Å². The molecule has 122 valence electrons. The van der Waals surface area contributed by atoms with Gasteiger partial charge in [0.1, 0.15) is 5.75 Å². The highest BCUT2D eigenvalue weighted by molar-refractivity contribution is 9.11. The second-order valence-corrected chi connectivity index (χ2v) is 7.09. The number of anilines is 1. The van der Waals surface area contributed by atoms with Gasteiger partial charge in [-0.25, -0.2) is 9.98 Å². The standard InChI is InChI=1S/C16H13Br2N5O/c1-24-13-9(6-8(17)7-10(13)18)14-21-15(19)22-16-20-11-4-2-3-5-12(11)23(14)16/h2-7,14H,1H3,(H3,19,20,21,22)/t14-/m0/s1. The highest BCUT2D eigenvalue weighted by Gasteiger charge is 2.28. The van der Waals surface area contributed by atoms with Crippen LogP contribution in [0.4, 0.5) is 5.95 Å². The lowest BCUT2D eigenvalue weighted by Crippen LogP contribution is -2.31. The minimum atomic E-state index is -0.377. The van der Waals surface area contributed by atoms with Gasteiger partial charge in [-0.15, -0.1) is 0 Å². The van der Waals surface area contributed by atoms with Gasteiger partial charge < -0.3 is 10.5 Å². The van der Waals surface area contributed by atoms with Crippen LogP contribution in [-0.4, -0.2) is 22.6 Å². The minimum Gasteiger partial charge on any atom is -0.495 e. The molecule has 0 saturated heterocycles. The fraction of sp³-hybridized carbons (Fsp3) is 0.125. The first-order valence-electron chi connectivity index (χ1n) is 7.18. The van der Waals surface area contributed by atoms with Crippen LogP contribution in [0.2, 0.25) is 0 Å². The molecule has 2 heterocycles. The Morgan fingerprint density at radius 2 is 2.04 bits per heavy atom. The number of nitrogens with one attached hydrogen (secondary N) is 1. The molecule has 6 nitrogen and oxygen atoms in total. The monoisotopic (exact) mass is 449 g/mol. The summed E-state index contributed by atoms with van der Waals surface area (Å²) in [6.07, 6.45) is -0.377. The van der Waals surface area contributed by atoms with Gasteiger partial charge >= 0.3 is 0 Å². The van der Waals surface area contributed by atoms with Crippen molar-refractivity contribution in [1.29, 1.82) is 0 Å². The molecule has 8 heteroatoms. The van der Waals surface area contributed by atoms with Crippen molar-refractivity contribution < 1.29 is 4.74 Å². The van der Waals surface area contributed by atoms with E-state index < -0.39 is 0 Å². The number of methoxy groups -OCH3 is 1. The van der Waals surface area contributed by atoms with Gasteiger partial charge in [-0.05, 0) is 40.2 Å². The van der Waals surface area contributed by atoms with Gasteiger partial charge in [-0.1, -0.05) is 28.1 Å². The second kappa shape index (κ2) is 5.78. The van der Waals surface area contributed by atoms with Crippen LogP contribution >= 0.6 is 31.9 Å². The molecule has 1 aromatic heterocycles. The summed E-state index contributed by atoms with van der Waals surface area (Å²) in [6.45, 7) is 0. The first-order chi connectivity index (χ1) is 11.6. The molecule has 0 bridgehead atoms. The first kappa shape index (κ1) is 15.5. The average Bonchev–Trinajstić information content (AvgIpc) is 2.91. The summed E-state index contributed by atoms with van der Waals surface area (Å²) < 4.78 is 9.37. The number of guanidine groups is 1. The zero-order valence-corrected chi connectivity index (χ0v) is 15.8. The van der Waals surface area contributed by atoms with Crippen LogP contribution in [0.5, 0.6) is 5.75 Å². The largest absolute Gasteiger partial charge is 0.495 e. The van der Waals surface area contributed by atoms with E-state index >= 15 is 0 Å². The maximum atomic E-state index is 5.99. The predicted octanol–water partition coefficient (Wildman–Crippen LogP) is 3.86. The molecule has 1 aliphatic heterocycles. The quantitative estimate of drug-likeness (QED) is 0.621. The first-order valence-corrected chi connectivity index (χ1v) is 8.77. The molecular formula is C16H13Br2N5O. The Bertz CT molecular complexity index is 982. The van der Waals surface area contributed by atoms with Crippen molar-refractivity contribution in [3.05, 3.63) is 50.9 Å². The summed E-state index contributed by atoms with van der Waals surface area (Å²) in [5.74, 6) is 1.69. The number of nitrogens with zero attached hydrogens (tertiary/aromatic N) is 3. The van der Waals surface area contributed by atoms with E-state index in [1.807, 2.05) is 41.0 Å². The molecule has 0 spiro atoms. The number of hydrogen-bond donors (Lipinski definition) is 2. The molecule has 0 saturated carbocycles. The molecule has 2 aromatic carbocycles. The van der Waals surface area contributed by atoms with Crippen molar-refractivity contribution in [2.45, 2.75) is 6.17 Å². The van der Waals surface area contributed by atoms with E-state index in [0.717, 1.165) is 25.5 Å². The topological polar surface area (TPSA) is 77.5 Å². The zero-order chi connectivity index (χ0) is 16.8. The Morgan fingerprint density at radius 3 is 2.83 bits per heavy atom. The number of fused-ring (bicyclic) bond motifs is 3. The van der Waals surface area contributed by atoms with E-state index in [2.05, 4.69) is 47.2 Å². The summed E-state index contributed by atoms with van der Waals surface area (Å²) >= 11 is 7.08. The van der Waals surface area contributed by atoms with Gasteiger partial charge in [0.25, 0.3) is 0 Å². The highest BCUT2D eigenvalue weighted by Crippen LogP contribution is 2.41. The van der Waals surface area contributed by atoms with E-state index in [9.17, 15) is 0 Å². The van der Waals surface area contributed by atoms with Gasteiger partial charge in [0.05, 0.1) is 22.6 Å². The predicted molar refractivity (Wildman–Crippen MR) is 102 cm³/mol. The number of halogens is 2. The van der Waals surface area contributed by atoms with E-state index in [4.69, 9.17) is 10.5 Å². The van der Waals surface area contributed by atoms with Crippen LogP contribution in [0.15, 0.2) is 50.3 Å². The van der Waals surface area contributed by atoms with Gasteiger partial charge in [0, 0.05) is 10.0 Å². The lowest BCUT2D eigenvalue weighted by Gasteiger charge is -2.25. The van der Waals surface area contributed by atoms with E-state index in [-0.39, 0.29) is 6.17 Å². The molecule has 3 N–H and O–H groups in total. The van der Waals surface area contributed by atoms with Crippen molar-refractivity contribution in [3.63, 3.8) is 0 Å². The fourth-order valence-corrected chi connectivity index (χ4v) is 4.33. The van der Waals surface area contributed by atoms with Gasteiger partial charge in [-0.3, -0.25) is 9.88 Å². The third-order valence-corrected chi connectivity index (χ3v) is 4.91. The molecule has 0 fully saturated rings. The number of nitrogens with two attached hydrogens (primary N) is 1. The smallest absolute Gasteiger partial charge is 0.212 e. The molecular weight excluding hydrogens is 438 g/mol. The molecule has 0 amide bonds. The maximum Gasteiger partial charge on any atom is 0.212 e. The summed E-state index contributed by atoms with van der Waals surface area (Å²) in [5.41, 5.74) is 8.72. The molecule has 1 atom stereocenters. The van der Waals surface area contributed by atoms with E-state index in [1.54, 1.807) is 7.11 Å². The molecule has 3 aromatic rings. The highest BCUT2D eigenvalue weighted by atomic mass is 79.9. The molecule has 4 rings (SSSR count). The van der Waals surface area contributed by atoms with Crippen molar-refractivity contribution >= 4 is 54.8 Å². The number of ether oxygens (including phenoxy) is 1. The lowest BCUT2D eigenvalue weighted by molar-refractivity contribution is 0.400. The number of aliphatic imine (C=N–C) groups is 1. The number of hydrogen-bond acceptors (Lipinski definition) is 5. The van der Waals surface area contributed by atoms with Gasteiger partial charge in [-0.2, -0.15) is 0 Å². The second-order valence-electron chi connectivity index (χ2n) is 5.32. The van der Waals surface area contributed by atoms with E-state index in [0.29, 0.717) is 17.7 Å². The summed E-state index contributed by atoms with van der Waals surface area (Å²) in [4.78, 5) is 9.20. The summed E-state index contributed by atoms with van der Waals surface area (Å²) in [5, 5.41) is 3.03. The van der Waals surface area contributed by atoms with Crippen LogP contribution in [0.3, 0.4) is 0 Å². The molecule has 0 radical (unpaired) electrons. The SMILES string of the molecule is COc1c(Br)cc(Br)cc1[C@H]1N=C(N)Nc2nc3ccccc3n21. The van der Waals surface area contributed by atoms with Crippen LogP contribution < -0.4 is 15.8 Å². The summed E-state index contributed by atoms with van der Waals surface area (Å²) in [7, 11) is 1.64. The van der Waals surface area contributed by atoms with Crippen molar-refractivity contribution in [3.8, 4) is 5.75 Å². The van der Waals surface area contributed by atoms with Crippen molar-refractivity contribution in [2.75, 3.05) is 12.4 Å². The van der Waals surface area contributed by atoms with Crippen molar-refractivity contribution in [2.24, 2.45) is 10.7 Å². The number of aromatic nitrogens is 2. The molecule has 1 aliphatic rings. The number of benzene rings is 2. The minimum absolute atomic E-state index is 0.320. The Hall–Kier alpha value is -2.06.